The van der Waals surface area contributed by atoms with Gasteiger partial charge in [-0.15, -0.1) is 0 Å². The quantitative estimate of drug-likeness (QED) is 0.718. The van der Waals surface area contributed by atoms with Gasteiger partial charge < -0.3 is 10.2 Å². The van der Waals surface area contributed by atoms with Crippen LogP contribution < -0.4 is 10.4 Å². The van der Waals surface area contributed by atoms with Crippen LogP contribution in [-0.2, 0) is 4.79 Å². The van der Waals surface area contributed by atoms with Gasteiger partial charge in [-0.3, -0.25) is 4.90 Å². The number of carboxylic acid groups (broad SMARTS) is 2. The van der Waals surface area contributed by atoms with Crippen LogP contribution in [0.1, 0.15) is 6.92 Å². The van der Waals surface area contributed by atoms with Gasteiger partial charge in [-0.1, -0.05) is 24.3 Å². The number of carboxylic acids is 1. The van der Waals surface area contributed by atoms with E-state index in [9.17, 15) is 14.7 Å². The standard InChI is InChI=1S/C12H11NO4/c1-12(10(14)15)6-8-4-2-3-5-9(8)7-13(12)11(16)17/h2-7H,1H3,(H,14,15)(H,16,17). The lowest BCUT2D eigenvalue weighted by atomic mass is 9.95. The molecule has 2 rings (SSSR count). The highest BCUT2D eigenvalue weighted by molar-refractivity contribution is 5.93. The Labute approximate surface area is 96.9 Å². The summed E-state index contributed by atoms with van der Waals surface area (Å²) in [7, 11) is 0. The average Bonchev–Trinajstić information content (AvgIpc) is 2.27. The van der Waals surface area contributed by atoms with Gasteiger partial charge in [-0.25, -0.2) is 9.59 Å². The largest absolute Gasteiger partial charge is 0.479 e. The van der Waals surface area contributed by atoms with Gasteiger partial charge in [-0.2, -0.15) is 0 Å². The Morgan fingerprint density at radius 1 is 1.18 bits per heavy atom. The maximum atomic E-state index is 11.2. The second kappa shape index (κ2) is 3.62. The SMILES string of the molecule is CC1(C(=O)O)C=c2ccccc2=CN1C(=O)O. The topological polar surface area (TPSA) is 77.8 Å². The van der Waals surface area contributed by atoms with Crippen LogP contribution >= 0.6 is 0 Å². The maximum absolute atomic E-state index is 11.2. The van der Waals surface area contributed by atoms with Crippen LogP contribution in [0.25, 0.3) is 12.3 Å². The van der Waals surface area contributed by atoms with Gasteiger partial charge in [0, 0.05) is 6.20 Å². The molecule has 0 aliphatic carbocycles. The molecule has 0 saturated carbocycles. The Hall–Kier alpha value is -2.30. The summed E-state index contributed by atoms with van der Waals surface area (Å²) in [6, 6.07) is 7.05. The number of benzene rings is 1. The molecule has 0 spiro atoms. The number of nitrogens with zero attached hydrogens (tertiary/aromatic N) is 1. The number of fused-ring (bicyclic) bond motifs is 1. The fraction of sp³-hybridized carbons (Fsp3) is 0.167. The zero-order valence-electron chi connectivity index (χ0n) is 9.12. The van der Waals surface area contributed by atoms with E-state index in [-0.39, 0.29) is 0 Å². The molecule has 1 heterocycles. The van der Waals surface area contributed by atoms with E-state index in [1.165, 1.54) is 19.2 Å². The number of hydrogen-bond acceptors (Lipinski definition) is 2. The van der Waals surface area contributed by atoms with Crippen LogP contribution in [0.3, 0.4) is 0 Å². The van der Waals surface area contributed by atoms with Crippen LogP contribution in [0.4, 0.5) is 4.79 Å². The third-order valence-corrected chi connectivity index (χ3v) is 2.84. The summed E-state index contributed by atoms with van der Waals surface area (Å²) in [6.45, 7) is 1.36. The highest BCUT2D eigenvalue weighted by Crippen LogP contribution is 2.19. The van der Waals surface area contributed by atoms with Gasteiger partial charge in [0.25, 0.3) is 0 Å². The van der Waals surface area contributed by atoms with Crippen molar-refractivity contribution >= 4 is 24.3 Å². The fourth-order valence-corrected chi connectivity index (χ4v) is 1.82. The molecule has 1 unspecified atom stereocenters. The molecule has 0 bridgehead atoms. The van der Waals surface area contributed by atoms with Gasteiger partial charge in [0.15, 0.2) is 5.54 Å². The van der Waals surface area contributed by atoms with Crippen molar-refractivity contribution in [2.75, 3.05) is 0 Å². The molecule has 1 aliphatic heterocycles. The van der Waals surface area contributed by atoms with Crippen LogP contribution in [0, 0.1) is 0 Å². The van der Waals surface area contributed by atoms with Gasteiger partial charge in [0.05, 0.1) is 0 Å². The molecule has 1 aromatic carbocycles. The summed E-state index contributed by atoms with van der Waals surface area (Å²) < 4.78 is 0. The number of rotatable bonds is 1. The second-order valence-corrected chi connectivity index (χ2v) is 4.01. The maximum Gasteiger partial charge on any atom is 0.412 e. The molecule has 0 saturated heterocycles. The first-order valence-electron chi connectivity index (χ1n) is 5.00. The van der Waals surface area contributed by atoms with E-state index < -0.39 is 17.6 Å². The highest BCUT2D eigenvalue weighted by atomic mass is 16.4. The van der Waals surface area contributed by atoms with Crippen molar-refractivity contribution in [3.05, 3.63) is 34.7 Å². The first-order chi connectivity index (χ1) is 7.95. The molecule has 1 aromatic rings. The Kier molecular flexibility index (Phi) is 2.38. The van der Waals surface area contributed by atoms with E-state index in [2.05, 4.69) is 0 Å². The third-order valence-electron chi connectivity index (χ3n) is 2.84. The Balaban J connectivity index is 2.75. The van der Waals surface area contributed by atoms with Crippen molar-refractivity contribution in [2.45, 2.75) is 12.5 Å². The number of hydrogen-bond donors (Lipinski definition) is 2. The summed E-state index contributed by atoms with van der Waals surface area (Å²) in [5.41, 5.74) is -1.57. The van der Waals surface area contributed by atoms with Gasteiger partial charge in [0.1, 0.15) is 0 Å². The van der Waals surface area contributed by atoms with Gasteiger partial charge in [-0.05, 0) is 23.4 Å². The van der Waals surface area contributed by atoms with Crippen LogP contribution in [0.15, 0.2) is 24.3 Å². The lowest BCUT2D eigenvalue weighted by molar-refractivity contribution is -0.143. The van der Waals surface area contributed by atoms with Crippen molar-refractivity contribution in [1.29, 1.82) is 0 Å². The first kappa shape index (κ1) is 11.2. The minimum Gasteiger partial charge on any atom is -0.479 e. The zero-order valence-corrected chi connectivity index (χ0v) is 9.12. The minimum absolute atomic E-state index is 0.689. The number of aliphatic carboxylic acids is 1. The first-order valence-corrected chi connectivity index (χ1v) is 5.00. The molecule has 88 valence electrons. The van der Waals surface area contributed by atoms with E-state index in [4.69, 9.17) is 5.11 Å². The van der Waals surface area contributed by atoms with Crippen molar-refractivity contribution < 1.29 is 19.8 Å². The number of carbonyl (C=O) groups is 2. The summed E-state index contributed by atoms with van der Waals surface area (Å²) in [5.74, 6) is -1.20. The van der Waals surface area contributed by atoms with E-state index in [1.54, 1.807) is 24.3 Å². The molecule has 17 heavy (non-hydrogen) atoms. The van der Waals surface area contributed by atoms with Crippen molar-refractivity contribution in [1.82, 2.24) is 4.90 Å². The summed E-state index contributed by atoms with van der Waals surface area (Å²) in [5, 5.41) is 19.7. The number of amides is 1. The molecule has 1 atom stereocenters. The highest BCUT2D eigenvalue weighted by Gasteiger charge is 2.41. The molecule has 0 aromatic heterocycles. The third kappa shape index (κ3) is 1.65. The zero-order chi connectivity index (χ0) is 12.6. The molecule has 0 radical (unpaired) electrons. The van der Waals surface area contributed by atoms with Crippen LogP contribution in [-0.4, -0.2) is 32.7 Å². The minimum atomic E-state index is -1.57. The van der Waals surface area contributed by atoms with Gasteiger partial charge in [0.2, 0.25) is 0 Å². The van der Waals surface area contributed by atoms with Crippen molar-refractivity contribution in [3.8, 4) is 0 Å². The van der Waals surface area contributed by atoms with Crippen LogP contribution in [0.2, 0.25) is 0 Å². The summed E-state index contributed by atoms with van der Waals surface area (Å²) in [6.07, 6.45) is 1.49. The lowest BCUT2D eigenvalue weighted by Gasteiger charge is -2.32. The predicted octanol–water partition coefficient (Wildman–Crippen LogP) is 0.0420. The molecule has 1 amide bonds. The predicted molar refractivity (Wildman–Crippen MR) is 60.5 cm³/mol. The summed E-state index contributed by atoms with van der Waals surface area (Å²) >= 11 is 0. The fourth-order valence-electron chi connectivity index (χ4n) is 1.82. The normalized spacial score (nSPS) is 22.1. The monoisotopic (exact) mass is 233 g/mol. The molecule has 1 aliphatic rings. The van der Waals surface area contributed by atoms with E-state index in [0.717, 1.165) is 10.1 Å². The Morgan fingerprint density at radius 3 is 2.29 bits per heavy atom. The van der Waals surface area contributed by atoms with E-state index >= 15 is 0 Å². The Morgan fingerprint density at radius 2 is 1.76 bits per heavy atom. The summed E-state index contributed by atoms with van der Waals surface area (Å²) in [4.78, 5) is 23.1. The smallest absolute Gasteiger partial charge is 0.412 e. The van der Waals surface area contributed by atoms with Crippen LogP contribution in [0.5, 0.6) is 0 Å². The molecule has 2 N–H and O–H groups in total. The van der Waals surface area contributed by atoms with E-state index in [1.807, 2.05) is 0 Å². The molecule has 0 fully saturated rings. The molecular formula is C12H11NO4. The molecule has 5 nitrogen and oxygen atoms in total. The molecule has 5 heteroatoms. The lowest BCUT2D eigenvalue weighted by Crippen LogP contribution is -2.55. The second-order valence-electron chi connectivity index (χ2n) is 4.01. The molecular weight excluding hydrogens is 222 g/mol. The Bertz CT molecular complexity index is 607. The van der Waals surface area contributed by atoms with Gasteiger partial charge >= 0.3 is 12.1 Å². The van der Waals surface area contributed by atoms with E-state index in [0.29, 0.717) is 5.22 Å². The van der Waals surface area contributed by atoms with Crippen molar-refractivity contribution in [3.63, 3.8) is 0 Å². The van der Waals surface area contributed by atoms with Crippen molar-refractivity contribution in [2.24, 2.45) is 0 Å². The average molecular weight is 233 g/mol.